The maximum absolute atomic E-state index is 11.6. The van der Waals surface area contributed by atoms with Crippen LogP contribution in [0.1, 0.15) is 15.9 Å². The summed E-state index contributed by atoms with van der Waals surface area (Å²) in [5.74, 6) is 0.288. The Morgan fingerprint density at radius 2 is 2.00 bits per heavy atom. The van der Waals surface area contributed by atoms with Gasteiger partial charge in [-0.1, -0.05) is 0 Å². The summed E-state index contributed by atoms with van der Waals surface area (Å²) < 4.78 is 16.0. The molecule has 0 fully saturated rings. The van der Waals surface area contributed by atoms with Gasteiger partial charge in [0.1, 0.15) is 0 Å². The van der Waals surface area contributed by atoms with Crippen LogP contribution < -0.4 is 9.09 Å². The summed E-state index contributed by atoms with van der Waals surface area (Å²) in [6.45, 7) is 2.83. The van der Waals surface area contributed by atoms with Gasteiger partial charge < -0.3 is 0 Å². The molecule has 92 valence electrons. The van der Waals surface area contributed by atoms with E-state index in [0.717, 1.165) is 9.91 Å². The number of esters is 1. The topological polar surface area (TPSA) is 44.8 Å². The molecule has 0 spiro atoms. The summed E-state index contributed by atoms with van der Waals surface area (Å²) in [6, 6.07) is 3.56. The predicted molar refractivity (Wildman–Crippen MR) is 65.3 cm³/mol. The average molecular weight is 298 g/mol. The van der Waals surface area contributed by atoms with E-state index in [1.54, 1.807) is 13.2 Å². The Labute approximate surface area is 110 Å². The summed E-state index contributed by atoms with van der Waals surface area (Å²) >= 11 is 2.42. The molecule has 1 aromatic rings. The van der Waals surface area contributed by atoms with Crippen LogP contribution >= 0.6 is 0 Å². The number of carbonyl (C=O) groups excluding carboxylic acids is 1. The fourth-order valence-corrected chi connectivity index (χ4v) is 1.84. The quantitative estimate of drug-likeness (QED) is 0.454. The number of hydrogen-bond acceptors (Lipinski definition) is 4. The zero-order chi connectivity index (χ0) is 12.8. The molecule has 0 aromatic heterocycles. The van der Waals surface area contributed by atoms with E-state index in [-0.39, 0.29) is 5.97 Å². The van der Waals surface area contributed by atoms with Crippen molar-refractivity contribution in [1.29, 1.82) is 0 Å². The number of benzene rings is 1. The first-order valence-corrected chi connectivity index (χ1v) is 6.07. The number of methoxy groups -OCH3 is 2. The predicted octanol–water partition coefficient (Wildman–Crippen LogP) is 0.601. The van der Waals surface area contributed by atoms with Gasteiger partial charge in [-0.15, -0.1) is 0 Å². The van der Waals surface area contributed by atoms with Crippen molar-refractivity contribution in [2.75, 3.05) is 27.4 Å². The first-order chi connectivity index (χ1) is 8.10. The second-order valence-electron chi connectivity index (χ2n) is 3.45. The van der Waals surface area contributed by atoms with Crippen molar-refractivity contribution < 1.29 is 19.0 Å². The molecular formula is C12H15AsO4. The minimum absolute atomic E-state index is 0.355. The fourth-order valence-electron chi connectivity index (χ4n) is 1.32. The third-order valence-corrected chi connectivity index (χ3v) is 3.29. The second kappa shape index (κ2) is 6.67. The Hall–Kier alpha value is -0.992. The van der Waals surface area contributed by atoms with Gasteiger partial charge in [-0.3, -0.25) is 0 Å². The molecule has 2 radical (unpaired) electrons. The minimum atomic E-state index is -0.355. The summed E-state index contributed by atoms with van der Waals surface area (Å²) in [7, 11) is 2.98. The SMILES string of the molecule is COCCOc1cc([As])c(C)c(C(=O)OC)c1. The van der Waals surface area contributed by atoms with Crippen LogP contribution in [-0.4, -0.2) is 50.3 Å². The van der Waals surface area contributed by atoms with E-state index in [2.05, 4.69) is 16.9 Å². The number of hydrogen-bond donors (Lipinski definition) is 0. The Morgan fingerprint density at radius 1 is 1.29 bits per heavy atom. The molecule has 5 heteroatoms. The Balaban J connectivity index is 2.93. The summed E-state index contributed by atoms with van der Waals surface area (Å²) in [4.78, 5) is 11.6. The molecule has 0 atom stereocenters. The Bertz CT molecular complexity index is 404. The van der Waals surface area contributed by atoms with Gasteiger partial charge in [0.05, 0.1) is 0 Å². The van der Waals surface area contributed by atoms with Crippen molar-refractivity contribution in [1.82, 2.24) is 0 Å². The van der Waals surface area contributed by atoms with Gasteiger partial charge in [0.2, 0.25) is 0 Å². The molecule has 0 heterocycles. The van der Waals surface area contributed by atoms with Crippen LogP contribution in [0.5, 0.6) is 5.75 Å². The van der Waals surface area contributed by atoms with Gasteiger partial charge in [0.15, 0.2) is 0 Å². The molecule has 0 aliphatic rings. The van der Waals surface area contributed by atoms with Crippen molar-refractivity contribution in [3.63, 3.8) is 0 Å². The van der Waals surface area contributed by atoms with Crippen LogP contribution in [0, 0.1) is 6.92 Å². The molecular weight excluding hydrogens is 283 g/mol. The van der Waals surface area contributed by atoms with Crippen molar-refractivity contribution in [2.24, 2.45) is 0 Å². The van der Waals surface area contributed by atoms with Gasteiger partial charge in [-0.25, -0.2) is 0 Å². The summed E-state index contributed by atoms with van der Waals surface area (Å²) in [6.07, 6.45) is 0. The van der Waals surface area contributed by atoms with Crippen LogP contribution in [0.4, 0.5) is 0 Å². The molecule has 0 bridgehead atoms. The van der Waals surface area contributed by atoms with Crippen LogP contribution in [0.15, 0.2) is 12.1 Å². The molecule has 0 aliphatic carbocycles. The van der Waals surface area contributed by atoms with Crippen molar-refractivity contribution >= 4 is 27.2 Å². The monoisotopic (exact) mass is 298 g/mol. The Morgan fingerprint density at radius 3 is 2.59 bits per heavy atom. The van der Waals surface area contributed by atoms with Gasteiger partial charge in [0, 0.05) is 0 Å². The summed E-state index contributed by atoms with van der Waals surface area (Å²) in [5, 5.41) is 0. The molecule has 0 saturated carbocycles. The maximum atomic E-state index is 11.6. The first kappa shape index (κ1) is 14.1. The molecule has 0 aliphatic heterocycles. The first-order valence-electron chi connectivity index (χ1n) is 5.13. The van der Waals surface area contributed by atoms with Crippen LogP contribution in [0.2, 0.25) is 0 Å². The normalized spacial score (nSPS) is 10.1. The Kier molecular flexibility index (Phi) is 5.52. The number of carbonyl (C=O) groups is 1. The fraction of sp³-hybridized carbons (Fsp3) is 0.417. The van der Waals surface area contributed by atoms with E-state index >= 15 is 0 Å². The van der Waals surface area contributed by atoms with Gasteiger partial charge in [0.25, 0.3) is 0 Å². The van der Waals surface area contributed by atoms with E-state index in [4.69, 9.17) is 14.2 Å². The number of rotatable bonds is 5. The average Bonchev–Trinajstić information content (AvgIpc) is 2.32. The van der Waals surface area contributed by atoms with Crippen molar-refractivity contribution in [3.05, 3.63) is 23.3 Å². The second-order valence-corrected chi connectivity index (χ2v) is 4.46. The standard InChI is InChI=1S/C12H15AsO4/c1-8-10(12(14)16-3)6-9(7-11(8)13)17-5-4-15-2/h6-7H,4-5H2,1-3H3. The molecule has 0 unspecified atom stereocenters. The zero-order valence-electron chi connectivity index (χ0n) is 10.1. The van der Waals surface area contributed by atoms with E-state index in [1.165, 1.54) is 7.11 Å². The van der Waals surface area contributed by atoms with Crippen LogP contribution in [-0.2, 0) is 9.47 Å². The number of ether oxygens (including phenoxy) is 3. The molecule has 1 aromatic carbocycles. The zero-order valence-corrected chi connectivity index (χ0v) is 12.0. The molecule has 1 rings (SSSR count). The van der Waals surface area contributed by atoms with E-state index in [9.17, 15) is 4.79 Å². The van der Waals surface area contributed by atoms with Crippen molar-refractivity contribution in [2.45, 2.75) is 6.92 Å². The molecule has 0 amide bonds. The van der Waals surface area contributed by atoms with Gasteiger partial charge >= 0.3 is 110 Å². The van der Waals surface area contributed by atoms with Gasteiger partial charge in [-0.05, 0) is 0 Å². The van der Waals surface area contributed by atoms with E-state index in [0.29, 0.717) is 24.5 Å². The molecule has 17 heavy (non-hydrogen) atoms. The third kappa shape index (κ3) is 3.75. The van der Waals surface area contributed by atoms with Crippen LogP contribution in [0.25, 0.3) is 0 Å². The van der Waals surface area contributed by atoms with E-state index < -0.39 is 0 Å². The van der Waals surface area contributed by atoms with Crippen molar-refractivity contribution in [3.8, 4) is 5.75 Å². The van der Waals surface area contributed by atoms with Crippen LogP contribution in [0.3, 0.4) is 0 Å². The molecule has 4 nitrogen and oxygen atoms in total. The van der Waals surface area contributed by atoms with Gasteiger partial charge in [-0.2, -0.15) is 0 Å². The molecule has 0 saturated heterocycles. The summed E-state index contributed by atoms with van der Waals surface area (Å²) in [5.41, 5.74) is 1.41. The van der Waals surface area contributed by atoms with E-state index in [1.807, 2.05) is 13.0 Å². The molecule has 0 N–H and O–H groups in total. The third-order valence-electron chi connectivity index (χ3n) is 2.32.